The van der Waals surface area contributed by atoms with Crippen LogP contribution in [0.5, 0.6) is 11.5 Å². The second-order valence-electron chi connectivity index (χ2n) is 3.79. The van der Waals surface area contributed by atoms with Crippen molar-refractivity contribution in [1.29, 1.82) is 0 Å². The van der Waals surface area contributed by atoms with E-state index >= 15 is 0 Å². The normalized spacial score (nSPS) is 12.2. The highest BCUT2D eigenvalue weighted by Gasteiger charge is 2.12. The predicted octanol–water partition coefficient (Wildman–Crippen LogP) is 2.64. The molecular formula is C14H13FO3. The molecule has 0 aliphatic heterocycles. The molecular weight excluding hydrogens is 235 g/mol. The lowest BCUT2D eigenvalue weighted by atomic mass is 10.1. The Hall–Kier alpha value is -1.91. The lowest BCUT2D eigenvalue weighted by Gasteiger charge is -2.14. The van der Waals surface area contributed by atoms with Crippen LogP contribution in [0, 0.1) is 5.82 Å². The average molecular weight is 248 g/mol. The van der Waals surface area contributed by atoms with Gasteiger partial charge in [-0.25, -0.2) is 4.39 Å². The number of rotatable bonds is 4. The van der Waals surface area contributed by atoms with E-state index in [1.165, 1.54) is 24.3 Å². The van der Waals surface area contributed by atoms with Gasteiger partial charge in [0, 0.05) is 5.56 Å². The van der Waals surface area contributed by atoms with E-state index in [2.05, 4.69) is 0 Å². The highest BCUT2D eigenvalue weighted by atomic mass is 19.1. The van der Waals surface area contributed by atoms with Gasteiger partial charge in [0.05, 0.1) is 6.61 Å². The number of aliphatic hydroxyl groups is 2. The molecule has 0 aromatic heterocycles. The first-order valence-corrected chi connectivity index (χ1v) is 5.52. The summed E-state index contributed by atoms with van der Waals surface area (Å²) in [5, 5.41) is 18.6. The van der Waals surface area contributed by atoms with Gasteiger partial charge < -0.3 is 14.9 Å². The van der Waals surface area contributed by atoms with Gasteiger partial charge in [-0.15, -0.1) is 0 Å². The van der Waals surface area contributed by atoms with Crippen LogP contribution in [-0.2, 0) is 0 Å². The Labute approximate surface area is 104 Å². The first kappa shape index (κ1) is 12.5. The molecule has 1 atom stereocenters. The van der Waals surface area contributed by atoms with Gasteiger partial charge in [-0.2, -0.15) is 0 Å². The SMILES string of the molecule is OCC(O)c1ccccc1Oc1ccc(F)cc1. The lowest BCUT2D eigenvalue weighted by Crippen LogP contribution is -2.04. The van der Waals surface area contributed by atoms with Crippen molar-refractivity contribution in [2.24, 2.45) is 0 Å². The monoisotopic (exact) mass is 248 g/mol. The Kier molecular flexibility index (Phi) is 3.92. The maximum atomic E-state index is 12.8. The number of aliphatic hydroxyl groups excluding tert-OH is 2. The van der Waals surface area contributed by atoms with E-state index in [-0.39, 0.29) is 12.4 Å². The summed E-state index contributed by atoms with van der Waals surface area (Å²) in [5.74, 6) is 0.561. The quantitative estimate of drug-likeness (QED) is 0.874. The second-order valence-corrected chi connectivity index (χ2v) is 3.79. The van der Waals surface area contributed by atoms with Gasteiger partial charge in [0.2, 0.25) is 0 Å². The number of benzene rings is 2. The molecule has 2 aromatic carbocycles. The summed E-state index contributed by atoms with van der Waals surface area (Å²) in [6.07, 6.45) is -0.998. The van der Waals surface area contributed by atoms with Gasteiger partial charge in [0.15, 0.2) is 0 Å². The van der Waals surface area contributed by atoms with E-state index in [0.717, 1.165) is 0 Å². The molecule has 2 rings (SSSR count). The minimum atomic E-state index is -0.998. The van der Waals surface area contributed by atoms with Crippen molar-refractivity contribution in [2.75, 3.05) is 6.61 Å². The van der Waals surface area contributed by atoms with Gasteiger partial charge in [-0.3, -0.25) is 0 Å². The lowest BCUT2D eigenvalue weighted by molar-refractivity contribution is 0.0938. The van der Waals surface area contributed by atoms with Crippen molar-refractivity contribution in [1.82, 2.24) is 0 Å². The van der Waals surface area contributed by atoms with Crippen molar-refractivity contribution >= 4 is 0 Å². The molecule has 0 saturated carbocycles. The molecule has 4 heteroatoms. The second kappa shape index (κ2) is 5.62. The maximum absolute atomic E-state index is 12.8. The van der Waals surface area contributed by atoms with Crippen molar-refractivity contribution in [3.05, 3.63) is 59.9 Å². The van der Waals surface area contributed by atoms with Crippen LogP contribution in [0.4, 0.5) is 4.39 Å². The minimum absolute atomic E-state index is 0.342. The van der Waals surface area contributed by atoms with E-state index in [4.69, 9.17) is 9.84 Å². The maximum Gasteiger partial charge on any atom is 0.133 e. The Morgan fingerprint density at radius 1 is 1.06 bits per heavy atom. The van der Waals surface area contributed by atoms with Crippen LogP contribution >= 0.6 is 0 Å². The van der Waals surface area contributed by atoms with E-state index in [1.54, 1.807) is 24.3 Å². The Morgan fingerprint density at radius 2 is 1.72 bits per heavy atom. The molecule has 0 heterocycles. The van der Waals surface area contributed by atoms with Crippen LogP contribution < -0.4 is 4.74 Å². The summed E-state index contributed by atoms with van der Waals surface area (Å²) < 4.78 is 18.3. The molecule has 94 valence electrons. The summed E-state index contributed by atoms with van der Waals surface area (Å²) in [5.41, 5.74) is 0.490. The highest BCUT2D eigenvalue weighted by Crippen LogP contribution is 2.29. The molecule has 0 fully saturated rings. The van der Waals surface area contributed by atoms with Gasteiger partial charge >= 0.3 is 0 Å². The third-order valence-corrected chi connectivity index (χ3v) is 2.49. The molecule has 0 bridgehead atoms. The third-order valence-electron chi connectivity index (χ3n) is 2.49. The van der Waals surface area contributed by atoms with Gasteiger partial charge in [0.25, 0.3) is 0 Å². The van der Waals surface area contributed by atoms with Crippen LogP contribution in [0.1, 0.15) is 11.7 Å². The molecule has 2 aromatic rings. The average Bonchev–Trinajstić information content (AvgIpc) is 2.41. The molecule has 0 aliphatic rings. The molecule has 0 amide bonds. The minimum Gasteiger partial charge on any atom is -0.457 e. The fourth-order valence-electron chi connectivity index (χ4n) is 1.58. The van der Waals surface area contributed by atoms with Crippen LogP contribution in [0.2, 0.25) is 0 Å². The molecule has 0 radical (unpaired) electrons. The van der Waals surface area contributed by atoms with Crippen LogP contribution in [0.25, 0.3) is 0 Å². The molecule has 0 saturated heterocycles. The van der Waals surface area contributed by atoms with Crippen molar-refractivity contribution in [3.63, 3.8) is 0 Å². The molecule has 0 spiro atoms. The van der Waals surface area contributed by atoms with Gasteiger partial charge in [-0.05, 0) is 30.3 Å². The van der Waals surface area contributed by atoms with E-state index < -0.39 is 6.10 Å². The Balaban J connectivity index is 2.26. The number of para-hydroxylation sites is 1. The summed E-state index contributed by atoms with van der Waals surface area (Å²) in [6.45, 7) is -0.385. The van der Waals surface area contributed by atoms with Crippen LogP contribution in [0.15, 0.2) is 48.5 Å². The number of ether oxygens (including phenoxy) is 1. The molecule has 0 aliphatic carbocycles. The third kappa shape index (κ3) is 2.85. The largest absolute Gasteiger partial charge is 0.457 e. The molecule has 3 nitrogen and oxygen atoms in total. The van der Waals surface area contributed by atoms with Crippen molar-refractivity contribution in [2.45, 2.75) is 6.10 Å². The first-order valence-electron chi connectivity index (χ1n) is 5.52. The fourth-order valence-corrected chi connectivity index (χ4v) is 1.58. The highest BCUT2D eigenvalue weighted by molar-refractivity contribution is 5.39. The summed E-state index contributed by atoms with van der Waals surface area (Å²) in [4.78, 5) is 0. The van der Waals surface area contributed by atoms with E-state index in [1.807, 2.05) is 0 Å². The zero-order chi connectivity index (χ0) is 13.0. The smallest absolute Gasteiger partial charge is 0.133 e. The molecule has 2 N–H and O–H groups in total. The van der Waals surface area contributed by atoms with Crippen molar-refractivity contribution in [3.8, 4) is 11.5 Å². The predicted molar refractivity (Wildman–Crippen MR) is 65.0 cm³/mol. The molecule has 1 unspecified atom stereocenters. The standard InChI is InChI=1S/C14H13FO3/c15-10-5-7-11(8-6-10)18-14-4-2-1-3-12(14)13(17)9-16/h1-8,13,16-17H,9H2. The van der Waals surface area contributed by atoms with Gasteiger partial charge in [-0.1, -0.05) is 18.2 Å². The zero-order valence-corrected chi connectivity index (χ0v) is 9.58. The van der Waals surface area contributed by atoms with Crippen LogP contribution in [-0.4, -0.2) is 16.8 Å². The Morgan fingerprint density at radius 3 is 2.39 bits per heavy atom. The van der Waals surface area contributed by atoms with E-state index in [0.29, 0.717) is 17.1 Å². The zero-order valence-electron chi connectivity index (χ0n) is 9.58. The summed E-state index contributed by atoms with van der Waals surface area (Å²) in [7, 11) is 0. The number of hydrogen-bond acceptors (Lipinski definition) is 3. The summed E-state index contributed by atoms with van der Waals surface area (Å²) >= 11 is 0. The Bertz CT molecular complexity index is 511. The van der Waals surface area contributed by atoms with Crippen molar-refractivity contribution < 1.29 is 19.3 Å². The number of hydrogen-bond donors (Lipinski definition) is 2. The molecule has 18 heavy (non-hydrogen) atoms. The fraction of sp³-hybridized carbons (Fsp3) is 0.143. The topological polar surface area (TPSA) is 49.7 Å². The van der Waals surface area contributed by atoms with Gasteiger partial charge in [0.1, 0.15) is 23.4 Å². The first-order chi connectivity index (χ1) is 8.70. The number of halogens is 1. The summed E-state index contributed by atoms with van der Waals surface area (Å²) in [6, 6.07) is 12.4. The van der Waals surface area contributed by atoms with Crippen LogP contribution in [0.3, 0.4) is 0 Å². The van der Waals surface area contributed by atoms with E-state index in [9.17, 15) is 9.50 Å².